The monoisotopic (exact) mass is 312 g/mol. The normalized spacial score (nSPS) is 12.4. The molecule has 0 fully saturated rings. The van der Waals surface area contributed by atoms with Gasteiger partial charge in [0.25, 0.3) is 0 Å². The Morgan fingerprint density at radius 3 is 2.50 bits per heavy atom. The van der Waals surface area contributed by atoms with Gasteiger partial charge in [0.15, 0.2) is 0 Å². The average Bonchev–Trinajstić information content (AvgIpc) is 2.33. The minimum atomic E-state index is -0.627. The van der Waals surface area contributed by atoms with Gasteiger partial charge in [0.2, 0.25) is 0 Å². The van der Waals surface area contributed by atoms with E-state index in [-0.39, 0.29) is 0 Å². The minimum absolute atomic E-state index is 0.303. The summed E-state index contributed by atoms with van der Waals surface area (Å²) >= 11 is 3.34. The number of rotatable bonds is 3. The van der Waals surface area contributed by atoms with Gasteiger partial charge in [-0.3, -0.25) is 5.84 Å². The van der Waals surface area contributed by atoms with Crippen LogP contribution in [0, 0.1) is 11.6 Å². The molecule has 1 unspecified atom stereocenters. The van der Waals surface area contributed by atoms with Gasteiger partial charge in [-0.1, -0.05) is 34.1 Å². The summed E-state index contributed by atoms with van der Waals surface area (Å²) < 4.78 is 27.5. The van der Waals surface area contributed by atoms with Crippen LogP contribution in [0.2, 0.25) is 0 Å². The molecule has 2 aromatic rings. The Bertz CT molecular complexity index is 560. The molecule has 0 aromatic heterocycles. The zero-order chi connectivity index (χ0) is 13.1. The van der Waals surface area contributed by atoms with Crippen molar-refractivity contribution < 1.29 is 8.78 Å². The molecule has 2 aromatic carbocycles. The number of nitrogens with one attached hydrogen (secondary N) is 1. The first-order chi connectivity index (χ1) is 8.61. The van der Waals surface area contributed by atoms with Crippen LogP contribution < -0.4 is 11.3 Å². The number of benzene rings is 2. The number of hydrogen-bond donors (Lipinski definition) is 2. The van der Waals surface area contributed by atoms with Crippen LogP contribution in [0.25, 0.3) is 0 Å². The molecule has 94 valence electrons. The molecular weight excluding hydrogens is 302 g/mol. The zero-order valence-electron chi connectivity index (χ0n) is 9.33. The molecule has 5 heteroatoms. The Morgan fingerprint density at radius 1 is 1.11 bits per heavy atom. The van der Waals surface area contributed by atoms with Crippen LogP contribution in [0.4, 0.5) is 8.78 Å². The van der Waals surface area contributed by atoms with Gasteiger partial charge in [-0.15, -0.1) is 0 Å². The van der Waals surface area contributed by atoms with E-state index in [1.165, 1.54) is 12.1 Å². The molecule has 0 radical (unpaired) electrons. The quantitative estimate of drug-likeness (QED) is 0.674. The summed E-state index contributed by atoms with van der Waals surface area (Å²) in [6.45, 7) is 0. The molecule has 0 spiro atoms. The maximum atomic E-state index is 13.7. The van der Waals surface area contributed by atoms with Gasteiger partial charge in [-0.2, -0.15) is 0 Å². The Kier molecular flexibility index (Phi) is 4.06. The minimum Gasteiger partial charge on any atom is -0.271 e. The van der Waals surface area contributed by atoms with Crippen molar-refractivity contribution >= 4 is 15.9 Å². The molecule has 0 aliphatic rings. The number of hydrogen-bond acceptors (Lipinski definition) is 2. The van der Waals surface area contributed by atoms with Crippen molar-refractivity contribution in [3.05, 3.63) is 69.7 Å². The van der Waals surface area contributed by atoms with Gasteiger partial charge in [0.05, 0.1) is 6.04 Å². The molecule has 0 aliphatic carbocycles. The third kappa shape index (κ3) is 2.75. The zero-order valence-corrected chi connectivity index (χ0v) is 10.9. The molecule has 2 rings (SSSR count). The summed E-state index contributed by atoms with van der Waals surface area (Å²) in [5, 5.41) is 0. The number of nitrogens with two attached hydrogens (primary N) is 1. The number of halogens is 3. The maximum absolute atomic E-state index is 13.7. The Balaban J connectivity index is 2.45. The maximum Gasteiger partial charge on any atom is 0.131 e. The summed E-state index contributed by atoms with van der Waals surface area (Å²) in [4.78, 5) is 0. The lowest BCUT2D eigenvalue weighted by Crippen LogP contribution is -2.29. The second-order valence-corrected chi connectivity index (χ2v) is 4.74. The highest BCUT2D eigenvalue weighted by Gasteiger charge is 2.17. The molecule has 0 aliphatic heterocycles. The first-order valence-corrected chi connectivity index (χ1v) is 6.07. The number of hydrazine groups is 1. The summed E-state index contributed by atoms with van der Waals surface area (Å²) in [5.74, 6) is 4.23. The molecule has 0 bridgehead atoms. The van der Waals surface area contributed by atoms with Gasteiger partial charge >= 0.3 is 0 Å². The standard InChI is InChI=1S/C13H11BrF2N2/c14-9-3-1-2-8(6-9)13(18-17)11-5-4-10(15)7-12(11)16/h1-7,13,18H,17H2. The molecular formula is C13H11BrF2N2. The molecule has 1 atom stereocenters. The largest absolute Gasteiger partial charge is 0.271 e. The van der Waals surface area contributed by atoms with Crippen LogP contribution in [0.15, 0.2) is 46.9 Å². The fraction of sp³-hybridized carbons (Fsp3) is 0.0769. The van der Waals surface area contributed by atoms with E-state index >= 15 is 0 Å². The van der Waals surface area contributed by atoms with Gasteiger partial charge in [0, 0.05) is 16.1 Å². The second-order valence-electron chi connectivity index (χ2n) is 3.82. The van der Waals surface area contributed by atoms with Crippen molar-refractivity contribution in [1.29, 1.82) is 0 Å². The Labute approximate surface area is 112 Å². The van der Waals surface area contributed by atoms with Crippen LogP contribution in [-0.2, 0) is 0 Å². The van der Waals surface area contributed by atoms with E-state index in [9.17, 15) is 8.78 Å². The fourth-order valence-corrected chi connectivity index (χ4v) is 2.20. The SMILES string of the molecule is NNC(c1cccc(Br)c1)c1ccc(F)cc1F. The van der Waals surface area contributed by atoms with Gasteiger partial charge in [-0.25, -0.2) is 14.2 Å². The first-order valence-electron chi connectivity index (χ1n) is 5.28. The molecule has 0 saturated carbocycles. The summed E-state index contributed by atoms with van der Waals surface area (Å²) in [5.41, 5.74) is 3.63. The predicted octanol–water partition coefficient (Wildman–Crippen LogP) is 3.28. The summed E-state index contributed by atoms with van der Waals surface area (Å²) in [6, 6.07) is 10.2. The smallest absolute Gasteiger partial charge is 0.131 e. The van der Waals surface area contributed by atoms with Crippen molar-refractivity contribution in [3.8, 4) is 0 Å². The lowest BCUT2D eigenvalue weighted by atomic mass is 9.99. The van der Waals surface area contributed by atoms with Crippen LogP contribution in [0.5, 0.6) is 0 Å². The van der Waals surface area contributed by atoms with Gasteiger partial charge in [-0.05, 0) is 23.8 Å². The molecule has 0 amide bonds. The lowest BCUT2D eigenvalue weighted by molar-refractivity contribution is 0.541. The van der Waals surface area contributed by atoms with Crippen molar-refractivity contribution in [1.82, 2.24) is 5.43 Å². The van der Waals surface area contributed by atoms with E-state index in [1.54, 1.807) is 0 Å². The predicted molar refractivity (Wildman–Crippen MR) is 69.7 cm³/mol. The van der Waals surface area contributed by atoms with Crippen LogP contribution in [0.3, 0.4) is 0 Å². The molecule has 0 heterocycles. The van der Waals surface area contributed by atoms with E-state index in [1.807, 2.05) is 24.3 Å². The van der Waals surface area contributed by atoms with E-state index in [0.29, 0.717) is 5.56 Å². The van der Waals surface area contributed by atoms with Crippen LogP contribution >= 0.6 is 15.9 Å². The van der Waals surface area contributed by atoms with Crippen LogP contribution in [0.1, 0.15) is 17.2 Å². The van der Waals surface area contributed by atoms with Crippen LogP contribution in [-0.4, -0.2) is 0 Å². The molecule has 2 nitrogen and oxygen atoms in total. The van der Waals surface area contributed by atoms with Crippen molar-refractivity contribution in [2.45, 2.75) is 6.04 Å². The van der Waals surface area contributed by atoms with E-state index < -0.39 is 17.7 Å². The summed E-state index contributed by atoms with van der Waals surface area (Å²) in [7, 11) is 0. The molecule has 3 N–H and O–H groups in total. The highest BCUT2D eigenvalue weighted by Crippen LogP contribution is 2.26. The van der Waals surface area contributed by atoms with Crippen molar-refractivity contribution in [2.24, 2.45) is 5.84 Å². The Hall–Kier alpha value is -1.30. The topological polar surface area (TPSA) is 38.0 Å². The first kappa shape index (κ1) is 13.1. The lowest BCUT2D eigenvalue weighted by Gasteiger charge is -2.17. The van der Waals surface area contributed by atoms with E-state index in [0.717, 1.165) is 16.1 Å². The van der Waals surface area contributed by atoms with Crippen molar-refractivity contribution in [2.75, 3.05) is 0 Å². The van der Waals surface area contributed by atoms with E-state index in [2.05, 4.69) is 21.4 Å². The second kappa shape index (κ2) is 5.56. The fourth-order valence-electron chi connectivity index (χ4n) is 1.79. The average molecular weight is 313 g/mol. The third-order valence-electron chi connectivity index (χ3n) is 2.62. The van der Waals surface area contributed by atoms with Crippen molar-refractivity contribution in [3.63, 3.8) is 0 Å². The highest BCUT2D eigenvalue weighted by molar-refractivity contribution is 9.10. The van der Waals surface area contributed by atoms with Gasteiger partial charge < -0.3 is 0 Å². The summed E-state index contributed by atoms with van der Waals surface area (Å²) in [6.07, 6.45) is 0. The molecule has 18 heavy (non-hydrogen) atoms. The highest BCUT2D eigenvalue weighted by atomic mass is 79.9. The van der Waals surface area contributed by atoms with E-state index in [4.69, 9.17) is 5.84 Å². The van der Waals surface area contributed by atoms with Gasteiger partial charge in [0.1, 0.15) is 11.6 Å². The third-order valence-corrected chi connectivity index (χ3v) is 3.12. The Morgan fingerprint density at radius 2 is 1.89 bits per heavy atom. The molecule has 0 saturated heterocycles.